The van der Waals surface area contributed by atoms with E-state index in [0.29, 0.717) is 11.3 Å². The molecule has 1 heterocycles. The van der Waals surface area contributed by atoms with Crippen LogP contribution in [0.25, 0.3) is 22.0 Å². The maximum atomic E-state index is 12.2. The van der Waals surface area contributed by atoms with Crippen molar-refractivity contribution in [3.8, 4) is 16.9 Å². The van der Waals surface area contributed by atoms with Gasteiger partial charge in [0.1, 0.15) is 5.75 Å². The van der Waals surface area contributed by atoms with Gasteiger partial charge in [-0.05, 0) is 29.8 Å². The van der Waals surface area contributed by atoms with Crippen LogP contribution in [-0.4, -0.2) is 12.1 Å². The fourth-order valence-electron chi connectivity index (χ4n) is 2.15. The average Bonchev–Trinajstić information content (AvgIpc) is 2.47. The number of aromatic nitrogens is 1. The maximum Gasteiger partial charge on any atom is 0.256 e. The molecule has 0 aliphatic carbocycles. The number of pyridine rings is 1. The molecular weight excluding hydrogens is 238 g/mol. The van der Waals surface area contributed by atoms with Crippen LogP contribution in [0.1, 0.15) is 0 Å². The Hall–Kier alpha value is -2.55. The van der Waals surface area contributed by atoms with Crippen molar-refractivity contribution in [3.63, 3.8) is 0 Å². The molecule has 0 fully saturated rings. The van der Waals surface area contributed by atoms with E-state index in [1.165, 1.54) is 0 Å². The number of nitrogens with one attached hydrogen (secondary N) is 1. The molecule has 0 saturated carbocycles. The minimum Gasteiger partial charge on any atom is -0.495 e. The molecule has 0 saturated heterocycles. The van der Waals surface area contributed by atoms with E-state index in [4.69, 9.17) is 4.74 Å². The first-order valence-corrected chi connectivity index (χ1v) is 5.96. The summed E-state index contributed by atoms with van der Waals surface area (Å²) in [6.07, 6.45) is 0. The van der Waals surface area contributed by atoms with Gasteiger partial charge in [-0.15, -0.1) is 0 Å². The van der Waals surface area contributed by atoms with Gasteiger partial charge in [0.15, 0.2) is 0 Å². The Bertz CT molecular complexity index is 776. The monoisotopic (exact) mass is 250 g/mol. The molecule has 3 heteroatoms. The average molecular weight is 250 g/mol. The van der Waals surface area contributed by atoms with E-state index >= 15 is 0 Å². The molecule has 0 aliphatic rings. The van der Waals surface area contributed by atoms with Gasteiger partial charge >= 0.3 is 0 Å². The highest BCUT2D eigenvalue weighted by Crippen LogP contribution is 2.25. The topological polar surface area (TPSA) is 42.1 Å². The van der Waals surface area contributed by atoms with Crippen LogP contribution in [0, 0.1) is 6.07 Å². The Labute approximate surface area is 110 Å². The zero-order chi connectivity index (χ0) is 13.2. The molecule has 93 valence electrons. The molecule has 0 aliphatic heterocycles. The number of benzene rings is 2. The number of ether oxygens (including phenoxy) is 1. The zero-order valence-corrected chi connectivity index (χ0v) is 10.4. The van der Waals surface area contributed by atoms with Crippen molar-refractivity contribution in [3.05, 3.63) is 65.0 Å². The molecular formula is C16H12NO2. The lowest BCUT2D eigenvalue weighted by atomic mass is 10.1. The number of methoxy groups -OCH3 is 1. The van der Waals surface area contributed by atoms with Gasteiger partial charge in [0.25, 0.3) is 5.56 Å². The summed E-state index contributed by atoms with van der Waals surface area (Å²) in [6.45, 7) is 0. The van der Waals surface area contributed by atoms with Crippen LogP contribution in [0.4, 0.5) is 0 Å². The van der Waals surface area contributed by atoms with Gasteiger partial charge in [0.05, 0.1) is 12.6 Å². The quantitative estimate of drug-likeness (QED) is 0.759. The second-order valence-electron chi connectivity index (χ2n) is 4.23. The van der Waals surface area contributed by atoms with Crippen molar-refractivity contribution >= 4 is 10.9 Å². The lowest BCUT2D eigenvalue weighted by Crippen LogP contribution is -2.09. The van der Waals surface area contributed by atoms with Crippen LogP contribution in [0.2, 0.25) is 0 Å². The summed E-state index contributed by atoms with van der Waals surface area (Å²) >= 11 is 0. The molecule has 1 radical (unpaired) electrons. The molecule has 0 amide bonds. The van der Waals surface area contributed by atoms with E-state index in [9.17, 15) is 4.79 Å². The summed E-state index contributed by atoms with van der Waals surface area (Å²) in [6, 6.07) is 17.9. The van der Waals surface area contributed by atoms with Crippen LogP contribution in [0.15, 0.2) is 53.3 Å². The van der Waals surface area contributed by atoms with Gasteiger partial charge in [0.2, 0.25) is 0 Å². The number of fused-ring (bicyclic) bond motifs is 1. The second-order valence-corrected chi connectivity index (χ2v) is 4.23. The molecule has 1 N–H and O–H groups in total. The van der Waals surface area contributed by atoms with Crippen molar-refractivity contribution in [2.24, 2.45) is 0 Å². The van der Waals surface area contributed by atoms with Gasteiger partial charge in [-0.3, -0.25) is 4.79 Å². The lowest BCUT2D eigenvalue weighted by Gasteiger charge is -2.07. The van der Waals surface area contributed by atoms with E-state index in [1.54, 1.807) is 13.2 Å². The highest BCUT2D eigenvalue weighted by atomic mass is 16.5. The van der Waals surface area contributed by atoms with Crippen LogP contribution >= 0.6 is 0 Å². The van der Waals surface area contributed by atoms with Gasteiger partial charge in [-0.25, -0.2) is 0 Å². The van der Waals surface area contributed by atoms with Crippen molar-refractivity contribution in [2.75, 3.05) is 7.11 Å². The Morgan fingerprint density at radius 1 is 1.21 bits per heavy atom. The van der Waals surface area contributed by atoms with E-state index in [2.05, 4.69) is 11.1 Å². The maximum absolute atomic E-state index is 12.2. The minimum atomic E-state index is -0.128. The summed E-state index contributed by atoms with van der Waals surface area (Å²) < 4.78 is 5.25. The third kappa shape index (κ3) is 1.99. The molecule has 0 spiro atoms. The summed E-state index contributed by atoms with van der Waals surface area (Å²) in [5.41, 5.74) is 2.08. The molecule has 3 nitrogen and oxygen atoms in total. The van der Waals surface area contributed by atoms with Crippen LogP contribution in [-0.2, 0) is 0 Å². The first-order valence-electron chi connectivity index (χ1n) is 5.96. The van der Waals surface area contributed by atoms with E-state index < -0.39 is 0 Å². The summed E-state index contributed by atoms with van der Waals surface area (Å²) in [5, 5.41) is 0.942. The Morgan fingerprint density at radius 3 is 2.84 bits per heavy atom. The van der Waals surface area contributed by atoms with Gasteiger partial charge < -0.3 is 9.72 Å². The second kappa shape index (κ2) is 4.61. The van der Waals surface area contributed by atoms with E-state index in [0.717, 1.165) is 16.5 Å². The zero-order valence-electron chi connectivity index (χ0n) is 10.4. The molecule has 19 heavy (non-hydrogen) atoms. The first-order chi connectivity index (χ1) is 9.29. The normalized spacial score (nSPS) is 10.6. The standard InChI is InChI=1S/C16H12NO2/c1-19-14-9-5-8-12-10-13(16(18)17-15(12)14)11-6-3-2-4-7-11/h2-3,5-10H,1H3,(H,17,18). The molecule has 2 aromatic carbocycles. The fraction of sp³-hybridized carbons (Fsp3) is 0.0625. The van der Waals surface area contributed by atoms with Crippen molar-refractivity contribution in [2.45, 2.75) is 0 Å². The Kier molecular flexibility index (Phi) is 2.80. The molecule has 3 rings (SSSR count). The van der Waals surface area contributed by atoms with Gasteiger partial charge in [-0.2, -0.15) is 0 Å². The summed E-state index contributed by atoms with van der Waals surface area (Å²) in [5.74, 6) is 0.667. The van der Waals surface area contributed by atoms with Crippen molar-refractivity contribution < 1.29 is 4.74 Å². The Balaban J connectivity index is 2.30. The lowest BCUT2D eigenvalue weighted by molar-refractivity contribution is 0.419. The van der Waals surface area contributed by atoms with Crippen molar-refractivity contribution in [1.29, 1.82) is 0 Å². The highest BCUT2D eigenvalue weighted by Gasteiger charge is 2.07. The third-order valence-electron chi connectivity index (χ3n) is 3.08. The van der Waals surface area contributed by atoms with E-state index in [-0.39, 0.29) is 5.56 Å². The van der Waals surface area contributed by atoms with Crippen molar-refractivity contribution in [1.82, 2.24) is 4.98 Å². The van der Waals surface area contributed by atoms with Gasteiger partial charge in [-0.1, -0.05) is 30.3 Å². The SMILES string of the molecule is COc1cccc2cc(-c3c[c]ccc3)c(=O)[nH]c12. The number of para-hydroxylation sites is 1. The fourth-order valence-corrected chi connectivity index (χ4v) is 2.15. The van der Waals surface area contributed by atoms with E-state index in [1.807, 2.05) is 42.5 Å². The number of H-pyrrole nitrogens is 1. The molecule has 0 atom stereocenters. The van der Waals surface area contributed by atoms with Crippen LogP contribution in [0.5, 0.6) is 5.75 Å². The number of aromatic amines is 1. The van der Waals surface area contributed by atoms with Crippen LogP contribution < -0.4 is 10.3 Å². The number of rotatable bonds is 2. The molecule has 3 aromatic rings. The van der Waals surface area contributed by atoms with Crippen LogP contribution in [0.3, 0.4) is 0 Å². The predicted molar refractivity (Wildman–Crippen MR) is 75.4 cm³/mol. The first kappa shape index (κ1) is 11.5. The highest BCUT2D eigenvalue weighted by molar-refractivity contribution is 5.87. The minimum absolute atomic E-state index is 0.128. The molecule has 0 bridgehead atoms. The van der Waals surface area contributed by atoms with Gasteiger partial charge in [0, 0.05) is 10.9 Å². The Morgan fingerprint density at radius 2 is 2.11 bits per heavy atom. The third-order valence-corrected chi connectivity index (χ3v) is 3.08. The number of hydrogen-bond acceptors (Lipinski definition) is 2. The largest absolute Gasteiger partial charge is 0.495 e. The predicted octanol–water partition coefficient (Wildman–Crippen LogP) is 3.00. The smallest absolute Gasteiger partial charge is 0.256 e. The summed E-state index contributed by atoms with van der Waals surface area (Å²) in [7, 11) is 1.59. The summed E-state index contributed by atoms with van der Waals surface area (Å²) in [4.78, 5) is 15.1. The molecule has 0 unspecified atom stereocenters. The molecule has 1 aromatic heterocycles. The number of hydrogen-bond donors (Lipinski definition) is 1.